The summed E-state index contributed by atoms with van der Waals surface area (Å²) in [5.74, 6) is 1.65. The quantitative estimate of drug-likeness (QED) is 0.939. The Labute approximate surface area is 131 Å². The van der Waals surface area contributed by atoms with Crippen LogP contribution >= 0.6 is 0 Å². The standard InChI is InChI=1S/C17H22N4O/c1-11-12(2)19-17(13-5-4-8-18-10-13)21-16(11)20-14-6-7-15(9-14)22-3/h4-5,8,10,14-15H,6-7,9H2,1-3H3,(H,19,20,21). The molecule has 0 aromatic carbocycles. The Balaban J connectivity index is 1.86. The van der Waals surface area contributed by atoms with Crippen LogP contribution in [0.2, 0.25) is 0 Å². The Hall–Kier alpha value is -2.01. The maximum atomic E-state index is 5.45. The lowest BCUT2D eigenvalue weighted by Gasteiger charge is -2.17. The number of methoxy groups -OCH3 is 1. The Bertz CT molecular complexity index is 645. The normalized spacial score (nSPS) is 21.0. The van der Waals surface area contributed by atoms with Gasteiger partial charge in [0.1, 0.15) is 5.82 Å². The molecule has 0 aliphatic heterocycles. The van der Waals surface area contributed by atoms with Crippen LogP contribution in [0.25, 0.3) is 11.4 Å². The van der Waals surface area contributed by atoms with Gasteiger partial charge < -0.3 is 10.1 Å². The molecule has 0 amide bonds. The van der Waals surface area contributed by atoms with E-state index in [2.05, 4.69) is 22.2 Å². The van der Waals surface area contributed by atoms with Gasteiger partial charge in [-0.05, 0) is 45.2 Å². The third kappa shape index (κ3) is 3.09. The fraction of sp³-hybridized carbons (Fsp3) is 0.471. The van der Waals surface area contributed by atoms with Gasteiger partial charge in [-0.15, -0.1) is 0 Å². The van der Waals surface area contributed by atoms with Gasteiger partial charge in [0, 0.05) is 42.4 Å². The van der Waals surface area contributed by atoms with Gasteiger partial charge in [-0.1, -0.05) is 0 Å². The van der Waals surface area contributed by atoms with Crippen molar-refractivity contribution in [3.8, 4) is 11.4 Å². The molecule has 2 aromatic heterocycles. The van der Waals surface area contributed by atoms with Gasteiger partial charge in [0.05, 0.1) is 6.10 Å². The first-order valence-electron chi connectivity index (χ1n) is 7.72. The van der Waals surface area contributed by atoms with Crippen molar-refractivity contribution >= 4 is 5.82 Å². The largest absolute Gasteiger partial charge is 0.381 e. The summed E-state index contributed by atoms with van der Waals surface area (Å²) in [7, 11) is 1.79. The molecule has 0 radical (unpaired) electrons. The van der Waals surface area contributed by atoms with Crippen molar-refractivity contribution in [2.45, 2.75) is 45.3 Å². The van der Waals surface area contributed by atoms with Gasteiger partial charge in [-0.2, -0.15) is 0 Å². The van der Waals surface area contributed by atoms with E-state index in [0.717, 1.165) is 47.7 Å². The summed E-state index contributed by atoms with van der Waals surface area (Å²) in [5.41, 5.74) is 3.04. The van der Waals surface area contributed by atoms with Crippen LogP contribution < -0.4 is 5.32 Å². The van der Waals surface area contributed by atoms with Gasteiger partial charge in [0.15, 0.2) is 5.82 Å². The molecule has 1 aliphatic rings. The highest BCUT2D eigenvalue weighted by molar-refractivity contribution is 5.58. The first-order valence-corrected chi connectivity index (χ1v) is 7.72. The zero-order valence-electron chi connectivity index (χ0n) is 13.3. The van der Waals surface area contributed by atoms with Crippen LogP contribution in [-0.2, 0) is 4.74 Å². The molecule has 2 aromatic rings. The lowest BCUT2D eigenvalue weighted by molar-refractivity contribution is 0.108. The molecule has 22 heavy (non-hydrogen) atoms. The smallest absolute Gasteiger partial charge is 0.163 e. The molecule has 0 spiro atoms. The van der Waals surface area contributed by atoms with Crippen LogP contribution in [0.4, 0.5) is 5.82 Å². The van der Waals surface area contributed by atoms with E-state index in [-0.39, 0.29) is 0 Å². The minimum atomic E-state index is 0.360. The summed E-state index contributed by atoms with van der Waals surface area (Å²) in [5, 5.41) is 3.57. The average molecular weight is 298 g/mol. The number of nitrogens with zero attached hydrogens (tertiary/aromatic N) is 3. The maximum absolute atomic E-state index is 5.45. The lowest BCUT2D eigenvalue weighted by atomic mass is 10.2. The minimum Gasteiger partial charge on any atom is -0.381 e. The van der Waals surface area contributed by atoms with E-state index >= 15 is 0 Å². The molecular formula is C17H22N4O. The van der Waals surface area contributed by atoms with Crippen LogP contribution in [-0.4, -0.2) is 34.2 Å². The number of aromatic nitrogens is 3. The Kier molecular flexibility index (Phi) is 4.34. The molecule has 1 saturated carbocycles. The third-order valence-corrected chi connectivity index (χ3v) is 4.37. The number of ether oxygens (including phenoxy) is 1. The highest BCUT2D eigenvalue weighted by Crippen LogP contribution is 2.27. The Morgan fingerprint density at radius 2 is 2.09 bits per heavy atom. The van der Waals surface area contributed by atoms with Gasteiger partial charge in [0.2, 0.25) is 0 Å². The summed E-state index contributed by atoms with van der Waals surface area (Å²) in [6.07, 6.45) is 7.16. The number of rotatable bonds is 4. The second kappa shape index (κ2) is 6.40. The van der Waals surface area contributed by atoms with Crippen molar-refractivity contribution in [1.29, 1.82) is 0 Å². The zero-order valence-corrected chi connectivity index (χ0v) is 13.3. The van der Waals surface area contributed by atoms with Crippen molar-refractivity contribution in [2.24, 2.45) is 0 Å². The van der Waals surface area contributed by atoms with E-state index in [1.165, 1.54) is 0 Å². The number of aryl methyl sites for hydroxylation is 1. The first kappa shape index (κ1) is 14.9. The molecule has 3 rings (SSSR count). The summed E-state index contributed by atoms with van der Waals surface area (Å²) < 4.78 is 5.45. The maximum Gasteiger partial charge on any atom is 0.163 e. The van der Waals surface area contributed by atoms with Gasteiger partial charge in [-0.3, -0.25) is 4.98 Å². The second-order valence-corrected chi connectivity index (χ2v) is 5.86. The zero-order chi connectivity index (χ0) is 15.5. The third-order valence-electron chi connectivity index (χ3n) is 4.37. The van der Waals surface area contributed by atoms with E-state index in [1.807, 2.05) is 19.1 Å². The Morgan fingerprint density at radius 3 is 2.77 bits per heavy atom. The first-order chi connectivity index (χ1) is 10.7. The number of anilines is 1. The van der Waals surface area contributed by atoms with Gasteiger partial charge in [-0.25, -0.2) is 9.97 Å². The van der Waals surface area contributed by atoms with Crippen molar-refractivity contribution in [2.75, 3.05) is 12.4 Å². The molecular weight excluding hydrogens is 276 g/mol. The van der Waals surface area contributed by atoms with Crippen molar-refractivity contribution < 1.29 is 4.74 Å². The molecule has 2 heterocycles. The summed E-state index contributed by atoms with van der Waals surface area (Å²) in [6, 6.07) is 4.30. The predicted molar refractivity (Wildman–Crippen MR) is 86.8 cm³/mol. The molecule has 1 fully saturated rings. The van der Waals surface area contributed by atoms with Crippen LogP contribution in [0.3, 0.4) is 0 Å². The highest BCUT2D eigenvalue weighted by Gasteiger charge is 2.25. The topological polar surface area (TPSA) is 59.9 Å². The number of hydrogen-bond acceptors (Lipinski definition) is 5. The average Bonchev–Trinajstić information content (AvgIpc) is 3.00. The molecule has 0 bridgehead atoms. The Morgan fingerprint density at radius 1 is 1.23 bits per heavy atom. The second-order valence-electron chi connectivity index (χ2n) is 5.86. The fourth-order valence-corrected chi connectivity index (χ4v) is 2.87. The highest BCUT2D eigenvalue weighted by atomic mass is 16.5. The SMILES string of the molecule is COC1CCC(Nc2nc(-c3cccnc3)nc(C)c2C)C1. The van der Waals surface area contributed by atoms with Crippen molar-refractivity contribution in [3.63, 3.8) is 0 Å². The van der Waals surface area contributed by atoms with Crippen molar-refractivity contribution in [3.05, 3.63) is 35.8 Å². The van der Waals surface area contributed by atoms with Crippen LogP contribution in [0.1, 0.15) is 30.5 Å². The molecule has 5 heteroatoms. The van der Waals surface area contributed by atoms with Crippen LogP contribution in [0.15, 0.2) is 24.5 Å². The van der Waals surface area contributed by atoms with Crippen molar-refractivity contribution in [1.82, 2.24) is 15.0 Å². The molecule has 1 N–H and O–H groups in total. The van der Waals surface area contributed by atoms with E-state index in [0.29, 0.717) is 12.1 Å². The van der Waals surface area contributed by atoms with E-state index in [1.54, 1.807) is 19.5 Å². The van der Waals surface area contributed by atoms with E-state index in [4.69, 9.17) is 9.72 Å². The number of hydrogen-bond donors (Lipinski definition) is 1. The van der Waals surface area contributed by atoms with Gasteiger partial charge in [0.25, 0.3) is 0 Å². The van der Waals surface area contributed by atoms with E-state index in [9.17, 15) is 0 Å². The fourth-order valence-electron chi connectivity index (χ4n) is 2.87. The predicted octanol–water partition coefficient (Wildman–Crippen LogP) is 3.13. The molecule has 0 saturated heterocycles. The number of nitrogens with one attached hydrogen (secondary N) is 1. The number of pyridine rings is 1. The summed E-state index contributed by atoms with van der Waals surface area (Å²) in [4.78, 5) is 13.5. The monoisotopic (exact) mass is 298 g/mol. The lowest BCUT2D eigenvalue weighted by Crippen LogP contribution is -2.19. The summed E-state index contributed by atoms with van der Waals surface area (Å²) >= 11 is 0. The summed E-state index contributed by atoms with van der Waals surface area (Å²) in [6.45, 7) is 4.09. The molecule has 116 valence electrons. The van der Waals surface area contributed by atoms with Gasteiger partial charge >= 0.3 is 0 Å². The minimum absolute atomic E-state index is 0.360. The van der Waals surface area contributed by atoms with E-state index < -0.39 is 0 Å². The molecule has 2 unspecified atom stereocenters. The molecule has 2 atom stereocenters. The van der Waals surface area contributed by atoms with Crippen LogP contribution in [0, 0.1) is 13.8 Å². The molecule has 1 aliphatic carbocycles. The molecule has 5 nitrogen and oxygen atoms in total. The van der Waals surface area contributed by atoms with Crippen LogP contribution in [0.5, 0.6) is 0 Å².